The number of halogens is 1. The lowest BCUT2D eigenvalue weighted by molar-refractivity contribution is 0.749. The first-order valence-corrected chi connectivity index (χ1v) is 8.53. The van der Waals surface area contributed by atoms with Crippen molar-refractivity contribution in [3.05, 3.63) is 70.9 Å². The van der Waals surface area contributed by atoms with E-state index in [9.17, 15) is 0 Å². The van der Waals surface area contributed by atoms with Gasteiger partial charge in [0.15, 0.2) is 5.96 Å². The summed E-state index contributed by atoms with van der Waals surface area (Å²) in [6, 6.07) is 16.4. The molecule has 3 aromatic rings. The minimum atomic E-state index is 0.139. The zero-order valence-corrected chi connectivity index (χ0v) is 14.0. The standard InChI is InChI=1S/C19H19ClN4/c20-17-7-3-1-5-13(17)15(12-24-19-21-9-10-22-19)16-11-23-18-8-4-2-6-14(16)18/h1-8,11,15,23H,9-10,12H2,(H2,21,22,24). The fraction of sp³-hybridized carbons (Fsp3) is 0.211. The molecule has 0 amide bonds. The van der Waals surface area contributed by atoms with Crippen LogP contribution in [0.3, 0.4) is 0 Å². The van der Waals surface area contributed by atoms with E-state index in [1.54, 1.807) is 0 Å². The smallest absolute Gasteiger partial charge is 0.191 e. The summed E-state index contributed by atoms with van der Waals surface area (Å²) >= 11 is 6.50. The van der Waals surface area contributed by atoms with Crippen molar-refractivity contribution in [2.45, 2.75) is 5.92 Å². The summed E-state index contributed by atoms with van der Waals surface area (Å²) in [5.74, 6) is 1.01. The van der Waals surface area contributed by atoms with E-state index in [0.29, 0.717) is 0 Å². The molecule has 1 aliphatic heterocycles. The Morgan fingerprint density at radius 1 is 1.08 bits per heavy atom. The third-order valence-electron chi connectivity index (χ3n) is 4.43. The maximum absolute atomic E-state index is 6.50. The molecule has 0 aliphatic carbocycles. The van der Waals surface area contributed by atoms with E-state index in [-0.39, 0.29) is 5.92 Å². The molecule has 24 heavy (non-hydrogen) atoms. The number of hydrogen-bond acceptors (Lipinski definition) is 3. The fourth-order valence-electron chi connectivity index (χ4n) is 3.24. The number of fused-ring (bicyclic) bond motifs is 1. The third-order valence-corrected chi connectivity index (χ3v) is 4.77. The lowest BCUT2D eigenvalue weighted by Gasteiger charge is -2.20. The molecule has 1 aromatic heterocycles. The van der Waals surface area contributed by atoms with E-state index in [1.165, 1.54) is 10.9 Å². The molecule has 122 valence electrons. The quantitative estimate of drug-likeness (QED) is 0.682. The largest absolute Gasteiger partial charge is 0.361 e. The van der Waals surface area contributed by atoms with E-state index >= 15 is 0 Å². The Labute approximate surface area is 145 Å². The van der Waals surface area contributed by atoms with Gasteiger partial charge < -0.3 is 15.6 Å². The van der Waals surface area contributed by atoms with Gasteiger partial charge in [-0.3, -0.25) is 4.99 Å². The van der Waals surface area contributed by atoms with Gasteiger partial charge in [0, 0.05) is 41.1 Å². The van der Waals surface area contributed by atoms with Gasteiger partial charge in [0.1, 0.15) is 0 Å². The first-order valence-electron chi connectivity index (χ1n) is 8.15. The van der Waals surface area contributed by atoms with Gasteiger partial charge in [0.2, 0.25) is 0 Å². The van der Waals surface area contributed by atoms with Crippen LogP contribution in [-0.2, 0) is 0 Å². The normalized spacial score (nSPS) is 15.1. The van der Waals surface area contributed by atoms with Crippen molar-refractivity contribution in [2.24, 2.45) is 4.99 Å². The zero-order valence-electron chi connectivity index (χ0n) is 13.2. The van der Waals surface area contributed by atoms with Crippen molar-refractivity contribution in [1.29, 1.82) is 0 Å². The van der Waals surface area contributed by atoms with E-state index < -0.39 is 0 Å². The highest BCUT2D eigenvalue weighted by Crippen LogP contribution is 2.33. The lowest BCUT2D eigenvalue weighted by Crippen LogP contribution is -2.36. The Morgan fingerprint density at radius 2 is 1.92 bits per heavy atom. The molecule has 5 heteroatoms. The van der Waals surface area contributed by atoms with Gasteiger partial charge in [-0.25, -0.2) is 0 Å². The summed E-state index contributed by atoms with van der Waals surface area (Å²) < 4.78 is 0. The second kappa shape index (κ2) is 6.57. The van der Waals surface area contributed by atoms with Crippen LogP contribution in [-0.4, -0.2) is 30.6 Å². The second-order valence-electron chi connectivity index (χ2n) is 5.90. The molecule has 1 unspecified atom stereocenters. The maximum atomic E-state index is 6.50. The van der Waals surface area contributed by atoms with Crippen LogP contribution in [0.2, 0.25) is 5.02 Å². The van der Waals surface area contributed by atoms with E-state index in [2.05, 4.69) is 51.1 Å². The molecule has 0 saturated carbocycles. The molecule has 0 fully saturated rings. The Bertz CT molecular complexity index is 884. The van der Waals surface area contributed by atoms with Crippen LogP contribution in [0.25, 0.3) is 10.9 Å². The van der Waals surface area contributed by atoms with Crippen LogP contribution in [0.15, 0.2) is 59.7 Å². The van der Waals surface area contributed by atoms with Gasteiger partial charge in [-0.2, -0.15) is 0 Å². The summed E-state index contributed by atoms with van der Waals surface area (Å²) in [5, 5.41) is 8.70. The first kappa shape index (κ1) is 15.1. The van der Waals surface area contributed by atoms with Crippen LogP contribution in [0, 0.1) is 0 Å². The topological polar surface area (TPSA) is 52.2 Å². The first-order chi connectivity index (χ1) is 11.8. The highest BCUT2D eigenvalue weighted by atomic mass is 35.5. The minimum absolute atomic E-state index is 0.139. The van der Waals surface area contributed by atoms with Crippen LogP contribution in [0.4, 0.5) is 0 Å². The molecule has 0 bridgehead atoms. The van der Waals surface area contributed by atoms with Crippen LogP contribution in [0.5, 0.6) is 0 Å². The molecule has 4 rings (SSSR count). The molecule has 1 atom stereocenters. The Morgan fingerprint density at radius 3 is 2.75 bits per heavy atom. The Balaban J connectivity index is 1.73. The molecule has 1 aliphatic rings. The number of para-hydroxylation sites is 1. The molecule has 0 saturated heterocycles. The molecule has 3 N–H and O–H groups in total. The van der Waals surface area contributed by atoms with Crippen molar-refractivity contribution < 1.29 is 0 Å². The zero-order chi connectivity index (χ0) is 16.4. The average molecular weight is 339 g/mol. The van der Waals surface area contributed by atoms with E-state index in [0.717, 1.165) is 41.7 Å². The number of aliphatic imine (C=N–C) groups is 1. The number of nitrogens with one attached hydrogen (secondary N) is 3. The SMILES string of the molecule is Clc1ccccc1C(CNC1=NCCN1)c1c[nH]c2ccccc12. The Hall–Kier alpha value is -2.46. The van der Waals surface area contributed by atoms with Crippen LogP contribution in [0.1, 0.15) is 17.0 Å². The highest BCUT2D eigenvalue weighted by molar-refractivity contribution is 6.31. The minimum Gasteiger partial charge on any atom is -0.361 e. The van der Waals surface area contributed by atoms with Crippen molar-refractivity contribution in [1.82, 2.24) is 15.6 Å². The van der Waals surface area contributed by atoms with Gasteiger partial charge in [-0.05, 0) is 23.3 Å². The third kappa shape index (κ3) is 2.85. The van der Waals surface area contributed by atoms with Crippen LogP contribution >= 0.6 is 11.6 Å². The predicted octanol–water partition coefficient (Wildman–Crippen LogP) is 3.50. The number of guanidine groups is 1. The van der Waals surface area contributed by atoms with Gasteiger partial charge in [-0.15, -0.1) is 0 Å². The summed E-state index contributed by atoms with van der Waals surface area (Å²) in [4.78, 5) is 7.79. The van der Waals surface area contributed by atoms with Gasteiger partial charge in [-0.1, -0.05) is 48.0 Å². The van der Waals surface area contributed by atoms with Gasteiger partial charge >= 0.3 is 0 Å². The summed E-state index contributed by atoms with van der Waals surface area (Å²) in [7, 11) is 0. The molecule has 4 nitrogen and oxygen atoms in total. The second-order valence-corrected chi connectivity index (χ2v) is 6.31. The lowest BCUT2D eigenvalue weighted by atomic mass is 9.91. The van der Waals surface area contributed by atoms with Gasteiger partial charge in [0.25, 0.3) is 0 Å². The predicted molar refractivity (Wildman–Crippen MR) is 99.9 cm³/mol. The molecular formula is C19H19ClN4. The molecule has 0 radical (unpaired) electrons. The number of nitrogens with zero attached hydrogens (tertiary/aromatic N) is 1. The number of hydrogen-bond donors (Lipinski definition) is 3. The molecule has 2 aromatic carbocycles. The number of H-pyrrole nitrogens is 1. The molecule has 2 heterocycles. The van der Waals surface area contributed by atoms with Gasteiger partial charge in [0.05, 0.1) is 6.54 Å². The van der Waals surface area contributed by atoms with Crippen molar-refractivity contribution in [3.63, 3.8) is 0 Å². The Kier molecular flexibility index (Phi) is 4.13. The highest BCUT2D eigenvalue weighted by Gasteiger charge is 2.21. The molecule has 0 spiro atoms. The monoisotopic (exact) mass is 338 g/mol. The fourth-order valence-corrected chi connectivity index (χ4v) is 3.51. The van der Waals surface area contributed by atoms with Crippen molar-refractivity contribution >= 4 is 28.5 Å². The number of benzene rings is 2. The van der Waals surface area contributed by atoms with E-state index in [4.69, 9.17) is 11.6 Å². The summed E-state index contributed by atoms with van der Waals surface area (Å²) in [5.41, 5.74) is 3.50. The number of aromatic nitrogens is 1. The van der Waals surface area contributed by atoms with Crippen LogP contribution < -0.4 is 10.6 Å². The number of rotatable bonds is 4. The van der Waals surface area contributed by atoms with E-state index in [1.807, 2.05) is 24.3 Å². The molecular weight excluding hydrogens is 320 g/mol. The average Bonchev–Trinajstić information content (AvgIpc) is 3.27. The summed E-state index contributed by atoms with van der Waals surface area (Å²) in [6.07, 6.45) is 2.09. The summed E-state index contributed by atoms with van der Waals surface area (Å²) in [6.45, 7) is 2.45. The maximum Gasteiger partial charge on any atom is 0.191 e. The van der Waals surface area contributed by atoms with Crippen molar-refractivity contribution in [3.8, 4) is 0 Å². The number of aromatic amines is 1. The van der Waals surface area contributed by atoms with Crippen molar-refractivity contribution in [2.75, 3.05) is 19.6 Å².